The summed E-state index contributed by atoms with van der Waals surface area (Å²) in [7, 11) is 6.84. The van der Waals surface area contributed by atoms with Crippen LogP contribution in [0.15, 0.2) is 64.1 Å². The molecular weight excluding hydrogens is 497 g/mol. The molecule has 2 unspecified atom stereocenters. The zero-order valence-corrected chi connectivity index (χ0v) is 22.0. The third kappa shape index (κ3) is 4.91. The average molecular weight is 525 g/mol. The summed E-state index contributed by atoms with van der Waals surface area (Å²) in [6.07, 6.45) is -0.545. The molecule has 0 bridgehead atoms. The Morgan fingerprint density at radius 3 is 2.62 bits per heavy atom. The first-order chi connectivity index (χ1) is 18.6. The number of amidine groups is 1. The second kappa shape index (κ2) is 10.4. The number of aliphatic hydroxyl groups excluding tert-OH is 1. The molecule has 11 heteroatoms. The van der Waals surface area contributed by atoms with Gasteiger partial charge in [-0.3, -0.25) is 9.59 Å². The smallest absolute Gasteiger partial charge is 0.257 e. The Bertz CT molecular complexity index is 1430. The first-order valence-corrected chi connectivity index (χ1v) is 12.9. The molecule has 39 heavy (non-hydrogen) atoms. The van der Waals surface area contributed by atoms with Crippen LogP contribution >= 0.6 is 0 Å². The van der Waals surface area contributed by atoms with Crippen LogP contribution in [0, 0.1) is 11.7 Å². The maximum atomic E-state index is 14.3. The summed E-state index contributed by atoms with van der Waals surface area (Å²) >= 11 is 0. The molecule has 4 atom stereocenters. The van der Waals surface area contributed by atoms with Gasteiger partial charge in [-0.2, -0.15) is 0 Å². The molecule has 5 rings (SSSR count). The molecule has 0 spiro atoms. The molecule has 0 saturated carbocycles. The maximum Gasteiger partial charge on any atom is 0.257 e. The molecule has 197 valence electrons. The van der Waals surface area contributed by atoms with Gasteiger partial charge >= 0.3 is 0 Å². The second-order valence-electron chi connectivity index (χ2n) is 10.5. The van der Waals surface area contributed by atoms with Crippen molar-refractivity contribution in [3.63, 3.8) is 0 Å². The highest BCUT2D eigenvalue weighted by atomic mass is 19.1. The topological polar surface area (TPSA) is 108 Å². The van der Waals surface area contributed by atoms with E-state index in [4.69, 9.17) is 17.3 Å². The highest BCUT2D eigenvalue weighted by molar-refractivity contribution is 6.97. The Balaban J connectivity index is 1.43. The third-order valence-electron chi connectivity index (χ3n) is 7.49. The van der Waals surface area contributed by atoms with E-state index in [1.54, 1.807) is 60.4 Å². The van der Waals surface area contributed by atoms with Crippen molar-refractivity contribution in [2.75, 3.05) is 6.54 Å². The van der Waals surface area contributed by atoms with Crippen molar-refractivity contribution in [3.05, 3.63) is 71.7 Å². The van der Waals surface area contributed by atoms with Crippen molar-refractivity contribution in [2.45, 2.75) is 50.8 Å². The van der Waals surface area contributed by atoms with Gasteiger partial charge in [0, 0.05) is 31.9 Å². The maximum absolute atomic E-state index is 14.3. The molecule has 1 fully saturated rings. The lowest BCUT2D eigenvalue weighted by atomic mass is 9.53. The standard InChI is InChI=1S/C28H28B2FN4O4/c1-15(2)24(22-13-23(30-29)34-39-22)26(37)35-14-18(36)12-21(35)25-32-27(38)28(3,33-25)17-10-8-16(9-11-17)19-6-4-5-7-20(19)31/h4-11,13,15,18,21,24,36H,12,14H2,1-3H3,(H,32,33,38)/t18-,21?,24?,28+/m1/s1. The highest BCUT2D eigenvalue weighted by Crippen LogP contribution is 2.35. The van der Waals surface area contributed by atoms with Gasteiger partial charge in [-0.15, -0.1) is 0 Å². The molecule has 2 amide bonds. The molecule has 0 aliphatic carbocycles. The van der Waals surface area contributed by atoms with Crippen molar-refractivity contribution in [3.8, 4) is 11.1 Å². The van der Waals surface area contributed by atoms with Gasteiger partial charge in [-0.1, -0.05) is 61.5 Å². The predicted molar refractivity (Wildman–Crippen MR) is 146 cm³/mol. The summed E-state index contributed by atoms with van der Waals surface area (Å²) in [4.78, 5) is 33.3. The monoisotopic (exact) mass is 525 g/mol. The number of rotatable bonds is 7. The van der Waals surface area contributed by atoms with Crippen molar-refractivity contribution < 1.29 is 23.6 Å². The molecule has 1 aromatic heterocycles. The van der Waals surface area contributed by atoms with E-state index in [0.717, 1.165) is 0 Å². The van der Waals surface area contributed by atoms with Crippen LogP contribution in [0.4, 0.5) is 4.39 Å². The van der Waals surface area contributed by atoms with Crippen LogP contribution in [0.2, 0.25) is 0 Å². The number of amides is 2. The number of hydrogen-bond donors (Lipinski definition) is 2. The molecule has 3 radical (unpaired) electrons. The van der Waals surface area contributed by atoms with Crippen molar-refractivity contribution >= 4 is 38.2 Å². The first-order valence-electron chi connectivity index (χ1n) is 12.9. The van der Waals surface area contributed by atoms with E-state index < -0.39 is 23.6 Å². The second-order valence-corrected chi connectivity index (χ2v) is 10.5. The van der Waals surface area contributed by atoms with E-state index in [1.807, 2.05) is 13.8 Å². The molecule has 3 aromatic rings. The fourth-order valence-electron chi connectivity index (χ4n) is 5.34. The van der Waals surface area contributed by atoms with Crippen LogP contribution in [0.5, 0.6) is 0 Å². The molecule has 2 aliphatic heterocycles. The van der Waals surface area contributed by atoms with Gasteiger partial charge in [0.2, 0.25) is 5.91 Å². The number of carbonyl (C=O) groups is 2. The Labute approximate surface area is 228 Å². The molecule has 2 aromatic carbocycles. The third-order valence-corrected chi connectivity index (χ3v) is 7.49. The van der Waals surface area contributed by atoms with Gasteiger partial charge in [0.05, 0.1) is 12.1 Å². The van der Waals surface area contributed by atoms with Crippen LogP contribution in [0.3, 0.4) is 0 Å². The molecule has 2 N–H and O–H groups in total. The lowest BCUT2D eigenvalue weighted by Crippen LogP contribution is -2.48. The summed E-state index contributed by atoms with van der Waals surface area (Å²) in [5.74, 6) is -1.02. The van der Waals surface area contributed by atoms with Crippen LogP contribution in [0.1, 0.15) is 44.4 Å². The van der Waals surface area contributed by atoms with Gasteiger partial charge < -0.3 is 19.8 Å². The summed E-state index contributed by atoms with van der Waals surface area (Å²) in [6, 6.07) is 14.5. The van der Waals surface area contributed by atoms with E-state index in [0.29, 0.717) is 33.9 Å². The lowest BCUT2D eigenvalue weighted by molar-refractivity contribution is -0.134. The zero-order valence-electron chi connectivity index (χ0n) is 22.0. The van der Waals surface area contributed by atoms with Crippen molar-refractivity contribution in [1.29, 1.82) is 0 Å². The number of nitrogens with zero attached hydrogens (tertiary/aromatic N) is 3. The summed E-state index contributed by atoms with van der Waals surface area (Å²) in [5, 5.41) is 17.3. The van der Waals surface area contributed by atoms with Gasteiger partial charge in [0.25, 0.3) is 5.91 Å². The first kappa shape index (κ1) is 26.9. The number of likely N-dealkylation sites (tertiary alicyclic amines) is 1. The van der Waals surface area contributed by atoms with Gasteiger partial charge in [-0.05, 0) is 36.1 Å². The van der Waals surface area contributed by atoms with E-state index in [2.05, 4.69) is 10.5 Å². The summed E-state index contributed by atoms with van der Waals surface area (Å²) in [5.41, 5.74) is 0.941. The SMILES string of the molecule is [B][B]c1cc(C(C(=O)N2C[C@H](O)CC2C2=N[C@@](C)(c3ccc(-c4ccccc4F)cc3)C(=O)N2)C(C)C)on1. The van der Waals surface area contributed by atoms with Crippen molar-refractivity contribution in [2.24, 2.45) is 10.9 Å². The minimum Gasteiger partial charge on any atom is -0.391 e. The zero-order chi connectivity index (χ0) is 27.9. The van der Waals surface area contributed by atoms with Crippen LogP contribution in [-0.2, 0) is 15.1 Å². The number of β-amino-alcohol motifs (C(OH)–C–C–N with tert-alkyl or cyclic N) is 1. The molecule has 8 nitrogen and oxygen atoms in total. The van der Waals surface area contributed by atoms with E-state index in [9.17, 15) is 19.1 Å². The Hall–Kier alpha value is -3.72. The summed E-state index contributed by atoms with van der Waals surface area (Å²) < 4.78 is 19.7. The molecule has 1 saturated heterocycles. The Kier molecular flexibility index (Phi) is 7.20. The van der Waals surface area contributed by atoms with Crippen LogP contribution in [0.25, 0.3) is 11.1 Å². The quantitative estimate of drug-likeness (QED) is 0.460. The van der Waals surface area contributed by atoms with Crippen LogP contribution < -0.4 is 10.9 Å². The van der Waals surface area contributed by atoms with E-state index >= 15 is 0 Å². The Morgan fingerprint density at radius 2 is 1.97 bits per heavy atom. The van der Waals surface area contributed by atoms with Gasteiger partial charge in [0.15, 0.2) is 5.54 Å². The minimum absolute atomic E-state index is 0.0969. The van der Waals surface area contributed by atoms with Gasteiger partial charge in [0.1, 0.15) is 30.5 Å². The Morgan fingerprint density at radius 1 is 1.26 bits per heavy atom. The molecule has 2 aliphatic rings. The average Bonchev–Trinajstić information content (AvgIpc) is 3.62. The fourth-order valence-corrected chi connectivity index (χ4v) is 5.34. The lowest BCUT2D eigenvalue weighted by Gasteiger charge is -2.29. The number of aliphatic imine (C=N–C) groups is 1. The van der Waals surface area contributed by atoms with Crippen molar-refractivity contribution in [1.82, 2.24) is 15.4 Å². The number of nitrogens with one attached hydrogen (secondary N) is 1. The van der Waals surface area contributed by atoms with E-state index in [-0.39, 0.29) is 36.5 Å². The number of carbonyl (C=O) groups excluding carboxylic acids is 2. The number of aliphatic hydroxyl groups is 1. The highest BCUT2D eigenvalue weighted by Gasteiger charge is 2.48. The largest absolute Gasteiger partial charge is 0.391 e. The normalized spacial score (nSPS) is 23.6. The van der Waals surface area contributed by atoms with Gasteiger partial charge in [-0.25, -0.2) is 9.38 Å². The molecule has 3 heterocycles. The number of hydrogen-bond acceptors (Lipinski definition) is 6. The number of halogens is 1. The van der Waals surface area contributed by atoms with Crippen LogP contribution in [-0.4, -0.2) is 66.4 Å². The minimum atomic E-state index is -1.25. The number of benzene rings is 2. The molecular formula is C28H28B2FN4O4. The summed E-state index contributed by atoms with van der Waals surface area (Å²) in [6.45, 7) is 5.59. The fraction of sp³-hybridized carbons (Fsp3) is 0.357. The predicted octanol–water partition coefficient (Wildman–Crippen LogP) is 2.04. The van der Waals surface area contributed by atoms with E-state index in [1.165, 1.54) is 13.2 Å². The number of aromatic nitrogens is 1.